The van der Waals surface area contributed by atoms with Gasteiger partial charge in [-0.15, -0.1) is 0 Å². The second kappa shape index (κ2) is 8.06. The number of para-hydroxylation sites is 2. The summed E-state index contributed by atoms with van der Waals surface area (Å²) in [5, 5.41) is 6.00. The number of ether oxygens (including phenoxy) is 2. The van der Waals surface area contributed by atoms with Gasteiger partial charge in [-0.1, -0.05) is 12.1 Å². The summed E-state index contributed by atoms with van der Waals surface area (Å²) < 4.78 is 11.5. The molecule has 2 N–H and O–H groups in total. The van der Waals surface area contributed by atoms with E-state index >= 15 is 0 Å². The minimum atomic E-state index is -0.190. The van der Waals surface area contributed by atoms with Crippen LogP contribution in [-0.2, 0) is 9.47 Å². The van der Waals surface area contributed by atoms with Gasteiger partial charge >= 0.3 is 6.03 Å². The Morgan fingerprint density at radius 3 is 2.64 bits per heavy atom. The minimum Gasteiger partial charge on any atom is -0.376 e. The van der Waals surface area contributed by atoms with Gasteiger partial charge in [0.05, 0.1) is 35.7 Å². The number of amides is 2. The highest BCUT2D eigenvalue weighted by molar-refractivity contribution is 5.93. The molecule has 0 aliphatic carbocycles. The van der Waals surface area contributed by atoms with Crippen molar-refractivity contribution in [3.8, 4) is 0 Å². The summed E-state index contributed by atoms with van der Waals surface area (Å²) in [7, 11) is 0. The van der Waals surface area contributed by atoms with E-state index in [-0.39, 0.29) is 30.4 Å². The molecule has 4 atom stereocenters. The fraction of sp³-hybridized carbons (Fsp3) is 0.632. The first-order chi connectivity index (χ1) is 12.0. The average molecular weight is 347 g/mol. The van der Waals surface area contributed by atoms with E-state index in [0.29, 0.717) is 0 Å². The van der Waals surface area contributed by atoms with Crippen LogP contribution in [0, 0.1) is 0 Å². The predicted octanol–water partition coefficient (Wildman–Crippen LogP) is 2.99. The van der Waals surface area contributed by atoms with E-state index in [1.807, 2.05) is 31.2 Å². The van der Waals surface area contributed by atoms with Gasteiger partial charge < -0.3 is 25.0 Å². The number of morpholine rings is 1. The van der Waals surface area contributed by atoms with Crippen molar-refractivity contribution in [2.45, 2.75) is 58.0 Å². The Morgan fingerprint density at radius 2 is 1.96 bits per heavy atom. The molecule has 1 aromatic carbocycles. The maximum absolute atomic E-state index is 12.4. The molecule has 6 heteroatoms. The number of carbonyl (C=O) groups excluding carboxylic acids is 1. The van der Waals surface area contributed by atoms with Crippen molar-refractivity contribution in [2.24, 2.45) is 0 Å². The molecule has 138 valence electrons. The number of hydrogen-bond acceptors (Lipinski definition) is 4. The van der Waals surface area contributed by atoms with Crippen molar-refractivity contribution >= 4 is 17.4 Å². The molecule has 2 fully saturated rings. The molecule has 2 aliphatic rings. The van der Waals surface area contributed by atoms with Crippen molar-refractivity contribution in [3.63, 3.8) is 0 Å². The first-order valence-electron chi connectivity index (χ1n) is 9.21. The van der Waals surface area contributed by atoms with Gasteiger partial charge in [0, 0.05) is 19.7 Å². The first-order valence-corrected chi connectivity index (χ1v) is 9.21. The number of carbonyl (C=O) groups is 1. The summed E-state index contributed by atoms with van der Waals surface area (Å²) in [6.45, 7) is 8.57. The summed E-state index contributed by atoms with van der Waals surface area (Å²) in [5.41, 5.74) is 1.85. The monoisotopic (exact) mass is 347 g/mol. The van der Waals surface area contributed by atoms with E-state index in [0.717, 1.165) is 43.9 Å². The zero-order chi connectivity index (χ0) is 17.8. The van der Waals surface area contributed by atoms with Gasteiger partial charge in [-0.25, -0.2) is 4.79 Å². The molecule has 0 saturated carbocycles. The number of benzene rings is 1. The fourth-order valence-corrected chi connectivity index (χ4v) is 3.68. The lowest BCUT2D eigenvalue weighted by molar-refractivity contribution is -0.00517. The van der Waals surface area contributed by atoms with Crippen LogP contribution < -0.4 is 15.5 Å². The number of rotatable bonds is 4. The maximum Gasteiger partial charge on any atom is 0.319 e. The number of hydrogen-bond donors (Lipinski definition) is 2. The first kappa shape index (κ1) is 18.0. The molecule has 0 aromatic heterocycles. The molecule has 0 spiro atoms. The van der Waals surface area contributed by atoms with Gasteiger partial charge in [-0.3, -0.25) is 0 Å². The molecular weight excluding hydrogens is 318 g/mol. The lowest BCUT2D eigenvalue weighted by Crippen LogP contribution is -2.46. The third-order valence-electron chi connectivity index (χ3n) is 4.79. The number of nitrogens with zero attached hydrogens (tertiary/aromatic N) is 1. The van der Waals surface area contributed by atoms with Crippen LogP contribution in [0.15, 0.2) is 24.3 Å². The molecule has 2 amide bonds. The van der Waals surface area contributed by atoms with Gasteiger partial charge in [-0.2, -0.15) is 0 Å². The lowest BCUT2D eigenvalue weighted by atomic mass is 10.1. The van der Waals surface area contributed by atoms with Crippen LogP contribution in [-0.4, -0.2) is 50.1 Å². The van der Waals surface area contributed by atoms with Crippen molar-refractivity contribution < 1.29 is 14.3 Å². The second-order valence-electron chi connectivity index (χ2n) is 7.12. The molecule has 2 saturated heterocycles. The van der Waals surface area contributed by atoms with Crippen LogP contribution in [0.5, 0.6) is 0 Å². The van der Waals surface area contributed by atoms with Gasteiger partial charge in [0.25, 0.3) is 0 Å². The van der Waals surface area contributed by atoms with Gasteiger partial charge in [0.15, 0.2) is 0 Å². The van der Waals surface area contributed by atoms with Crippen molar-refractivity contribution in [2.75, 3.05) is 29.9 Å². The molecule has 3 rings (SSSR count). The predicted molar refractivity (Wildman–Crippen MR) is 99.3 cm³/mol. The van der Waals surface area contributed by atoms with Gasteiger partial charge in [-0.05, 0) is 45.7 Å². The number of anilines is 2. The third-order valence-corrected chi connectivity index (χ3v) is 4.79. The topological polar surface area (TPSA) is 62.8 Å². The minimum absolute atomic E-state index is 0.00177. The van der Waals surface area contributed by atoms with E-state index in [1.54, 1.807) is 0 Å². The van der Waals surface area contributed by atoms with Gasteiger partial charge in [0.1, 0.15) is 0 Å². The SMILES string of the molecule is C[C@@H]1CN(c2ccccc2NC(=O)N[C@H](C)[C@H]2CCCO2)C[C@H](C)O1. The quantitative estimate of drug-likeness (QED) is 0.879. The summed E-state index contributed by atoms with van der Waals surface area (Å²) in [6.07, 6.45) is 2.52. The summed E-state index contributed by atoms with van der Waals surface area (Å²) in [4.78, 5) is 14.7. The van der Waals surface area contributed by atoms with Crippen LogP contribution >= 0.6 is 0 Å². The van der Waals surface area contributed by atoms with E-state index in [9.17, 15) is 4.79 Å². The lowest BCUT2D eigenvalue weighted by Gasteiger charge is -2.37. The molecule has 2 aliphatic heterocycles. The highest BCUT2D eigenvalue weighted by atomic mass is 16.5. The summed E-state index contributed by atoms with van der Waals surface area (Å²) in [6, 6.07) is 7.73. The molecule has 2 heterocycles. The van der Waals surface area contributed by atoms with E-state index in [1.165, 1.54) is 0 Å². The standard InChI is InChI=1S/C19H29N3O3/c1-13-11-22(12-14(2)25-13)17-8-5-4-7-16(17)21-19(23)20-15(3)18-9-6-10-24-18/h4-5,7-8,13-15,18H,6,9-12H2,1-3H3,(H2,20,21,23)/t13-,14+,15-,18-/m1/s1. The van der Waals surface area contributed by atoms with Gasteiger partial charge in [0.2, 0.25) is 0 Å². The van der Waals surface area contributed by atoms with Crippen LogP contribution in [0.2, 0.25) is 0 Å². The molecule has 1 aromatic rings. The molecule has 0 radical (unpaired) electrons. The Balaban J connectivity index is 1.65. The van der Waals surface area contributed by atoms with Crippen molar-refractivity contribution in [1.82, 2.24) is 5.32 Å². The zero-order valence-corrected chi connectivity index (χ0v) is 15.3. The molecule has 6 nitrogen and oxygen atoms in total. The fourth-order valence-electron chi connectivity index (χ4n) is 3.68. The Bertz CT molecular complexity index is 579. The molecular formula is C19H29N3O3. The van der Waals surface area contributed by atoms with Crippen LogP contribution in [0.3, 0.4) is 0 Å². The Kier molecular flexibility index (Phi) is 5.81. The summed E-state index contributed by atoms with van der Waals surface area (Å²) in [5.74, 6) is 0. The zero-order valence-electron chi connectivity index (χ0n) is 15.3. The Hall–Kier alpha value is -1.79. The maximum atomic E-state index is 12.4. The smallest absolute Gasteiger partial charge is 0.319 e. The third kappa shape index (κ3) is 4.64. The molecule has 25 heavy (non-hydrogen) atoms. The largest absolute Gasteiger partial charge is 0.376 e. The number of nitrogens with one attached hydrogen (secondary N) is 2. The molecule has 0 unspecified atom stereocenters. The second-order valence-corrected chi connectivity index (χ2v) is 7.12. The van der Waals surface area contributed by atoms with E-state index in [2.05, 4.69) is 29.4 Å². The van der Waals surface area contributed by atoms with E-state index < -0.39 is 0 Å². The van der Waals surface area contributed by atoms with Crippen molar-refractivity contribution in [3.05, 3.63) is 24.3 Å². The van der Waals surface area contributed by atoms with Crippen LogP contribution in [0.25, 0.3) is 0 Å². The highest BCUT2D eigenvalue weighted by Gasteiger charge is 2.26. The number of urea groups is 1. The summed E-state index contributed by atoms with van der Waals surface area (Å²) >= 11 is 0. The average Bonchev–Trinajstić information content (AvgIpc) is 3.09. The van der Waals surface area contributed by atoms with Crippen LogP contribution in [0.4, 0.5) is 16.2 Å². The Labute approximate surface area is 149 Å². The normalized spacial score (nSPS) is 27.8. The highest BCUT2D eigenvalue weighted by Crippen LogP contribution is 2.28. The van der Waals surface area contributed by atoms with E-state index in [4.69, 9.17) is 9.47 Å². The Morgan fingerprint density at radius 1 is 1.24 bits per heavy atom. The molecule has 0 bridgehead atoms. The van der Waals surface area contributed by atoms with Crippen molar-refractivity contribution in [1.29, 1.82) is 0 Å². The van der Waals surface area contributed by atoms with Crippen LogP contribution in [0.1, 0.15) is 33.6 Å².